The zero-order chi connectivity index (χ0) is 16.8. The molecule has 120 valence electrons. The van der Waals surface area contributed by atoms with Crippen molar-refractivity contribution in [3.63, 3.8) is 0 Å². The summed E-state index contributed by atoms with van der Waals surface area (Å²) < 4.78 is 5.37. The number of carbonyl (C=O) groups excluding carboxylic acids is 2. The highest BCUT2D eigenvalue weighted by molar-refractivity contribution is 5.96. The first kappa shape index (κ1) is 16.5. The normalized spacial score (nSPS) is 10.0. The molecule has 0 atom stereocenters. The fourth-order valence-electron chi connectivity index (χ4n) is 2.06. The van der Waals surface area contributed by atoms with Crippen LogP contribution < -0.4 is 15.6 Å². The highest BCUT2D eigenvalue weighted by Crippen LogP contribution is 2.12. The van der Waals surface area contributed by atoms with Crippen molar-refractivity contribution in [2.45, 2.75) is 20.8 Å². The van der Waals surface area contributed by atoms with Crippen molar-refractivity contribution in [1.29, 1.82) is 0 Å². The average Bonchev–Trinajstić information content (AvgIpc) is 2.53. The van der Waals surface area contributed by atoms with Gasteiger partial charge in [0, 0.05) is 5.56 Å². The van der Waals surface area contributed by atoms with Gasteiger partial charge in [-0.1, -0.05) is 29.8 Å². The van der Waals surface area contributed by atoms with Crippen LogP contribution >= 0.6 is 0 Å². The van der Waals surface area contributed by atoms with Gasteiger partial charge in [-0.25, -0.2) is 0 Å². The van der Waals surface area contributed by atoms with E-state index < -0.39 is 5.91 Å². The van der Waals surface area contributed by atoms with Crippen molar-refractivity contribution >= 4 is 11.8 Å². The quantitative estimate of drug-likeness (QED) is 0.852. The summed E-state index contributed by atoms with van der Waals surface area (Å²) in [4.78, 5) is 23.8. The van der Waals surface area contributed by atoms with Gasteiger partial charge in [-0.15, -0.1) is 0 Å². The Kier molecular flexibility index (Phi) is 5.36. The van der Waals surface area contributed by atoms with Gasteiger partial charge in [0.05, 0.1) is 0 Å². The standard InChI is InChI=1S/C18H20N2O3/c1-12-5-4-6-15(9-12)23-11-17(21)19-20-18(22)16-10-13(2)7-8-14(16)3/h4-10H,11H2,1-3H3,(H,19,21)(H,20,22). The summed E-state index contributed by atoms with van der Waals surface area (Å²) in [5, 5.41) is 0. The predicted molar refractivity (Wildman–Crippen MR) is 88.2 cm³/mol. The molecule has 2 aromatic carbocycles. The molecule has 0 saturated heterocycles. The summed E-state index contributed by atoms with van der Waals surface area (Å²) in [6, 6.07) is 13.0. The number of amides is 2. The van der Waals surface area contributed by atoms with E-state index in [1.54, 1.807) is 12.1 Å². The third kappa shape index (κ3) is 4.85. The average molecular weight is 312 g/mol. The highest BCUT2D eigenvalue weighted by Gasteiger charge is 2.10. The van der Waals surface area contributed by atoms with Crippen LogP contribution in [0.1, 0.15) is 27.0 Å². The van der Waals surface area contributed by atoms with Gasteiger partial charge in [-0.3, -0.25) is 20.4 Å². The Morgan fingerprint density at radius 1 is 0.957 bits per heavy atom. The number of hydrazine groups is 1. The van der Waals surface area contributed by atoms with E-state index in [1.165, 1.54) is 0 Å². The molecule has 0 saturated carbocycles. The first-order valence-electron chi connectivity index (χ1n) is 7.31. The second-order valence-electron chi connectivity index (χ2n) is 5.43. The number of benzene rings is 2. The van der Waals surface area contributed by atoms with E-state index >= 15 is 0 Å². The van der Waals surface area contributed by atoms with Crippen molar-refractivity contribution in [3.8, 4) is 5.75 Å². The number of rotatable bonds is 4. The van der Waals surface area contributed by atoms with E-state index in [-0.39, 0.29) is 12.5 Å². The lowest BCUT2D eigenvalue weighted by atomic mass is 10.1. The predicted octanol–water partition coefficient (Wildman–Crippen LogP) is 2.45. The van der Waals surface area contributed by atoms with Crippen LogP contribution in [0.4, 0.5) is 0 Å². The Morgan fingerprint density at radius 3 is 2.43 bits per heavy atom. The van der Waals surface area contributed by atoms with Gasteiger partial charge in [0.1, 0.15) is 5.75 Å². The summed E-state index contributed by atoms with van der Waals surface area (Å²) >= 11 is 0. The SMILES string of the molecule is Cc1cccc(OCC(=O)NNC(=O)c2cc(C)ccc2C)c1. The molecule has 23 heavy (non-hydrogen) atoms. The lowest BCUT2D eigenvalue weighted by molar-refractivity contribution is -0.123. The Bertz CT molecular complexity index is 726. The number of aryl methyl sites for hydroxylation is 3. The molecule has 0 unspecified atom stereocenters. The Hall–Kier alpha value is -2.82. The van der Waals surface area contributed by atoms with Gasteiger partial charge < -0.3 is 4.74 Å². The van der Waals surface area contributed by atoms with E-state index in [2.05, 4.69) is 10.9 Å². The number of hydrogen-bond donors (Lipinski definition) is 2. The van der Waals surface area contributed by atoms with Crippen LogP contribution in [0.5, 0.6) is 5.75 Å². The molecular formula is C18H20N2O3. The van der Waals surface area contributed by atoms with Gasteiger partial charge in [0.2, 0.25) is 0 Å². The number of nitrogens with one attached hydrogen (secondary N) is 2. The van der Waals surface area contributed by atoms with Crippen LogP contribution in [0.3, 0.4) is 0 Å². The van der Waals surface area contributed by atoms with E-state index in [0.717, 1.165) is 16.7 Å². The monoisotopic (exact) mass is 312 g/mol. The van der Waals surface area contributed by atoms with Crippen molar-refractivity contribution in [1.82, 2.24) is 10.9 Å². The molecule has 0 fully saturated rings. The molecule has 0 heterocycles. The summed E-state index contributed by atoms with van der Waals surface area (Å²) in [5.74, 6) is -0.165. The van der Waals surface area contributed by atoms with Crippen LogP contribution in [0.2, 0.25) is 0 Å². The molecule has 0 aliphatic carbocycles. The van der Waals surface area contributed by atoms with Crippen molar-refractivity contribution in [2.75, 3.05) is 6.61 Å². The van der Waals surface area contributed by atoms with Gasteiger partial charge in [0.25, 0.3) is 11.8 Å². The van der Waals surface area contributed by atoms with Crippen molar-refractivity contribution in [2.24, 2.45) is 0 Å². The lowest BCUT2D eigenvalue weighted by Gasteiger charge is -2.11. The maximum atomic E-state index is 12.1. The van der Waals surface area contributed by atoms with E-state index in [0.29, 0.717) is 11.3 Å². The Morgan fingerprint density at radius 2 is 1.70 bits per heavy atom. The molecule has 2 N–H and O–H groups in total. The number of ether oxygens (including phenoxy) is 1. The molecule has 5 heteroatoms. The first-order valence-corrected chi connectivity index (χ1v) is 7.31. The maximum absolute atomic E-state index is 12.1. The minimum Gasteiger partial charge on any atom is -0.484 e. The molecule has 2 rings (SSSR count). The van der Waals surface area contributed by atoms with Gasteiger partial charge in [-0.2, -0.15) is 0 Å². The number of hydrogen-bond acceptors (Lipinski definition) is 3. The third-order valence-electron chi connectivity index (χ3n) is 3.31. The summed E-state index contributed by atoms with van der Waals surface area (Å²) in [6.07, 6.45) is 0. The summed E-state index contributed by atoms with van der Waals surface area (Å²) in [7, 11) is 0. The zero-order valence-corrected chi connectivity index (χ0v) is 13.5. The molecule has 0 aromatic heterocycles. The molecule has 0 radical (unpaired) electrons. The molecule has 0 aliphatic rings. The zero-order valence-electron chi connectivity index (χ0n) is 13.5. The smallest absolute Gasteiger partial charge is 0.276 e. The van der Waals surface area contributed by atoms with Gasteiger partial charge in [0.15, 0.2) is 6.61 Å². The minimum atomic E-state index is -0.426. The largest absolute Gasteiger partial charge is 0.484 e. The molecule has 2 aromatic rings. The van der Waals surface area contributed by atoms with Crippen LogP contribution in [-0.2, 0) is 4.79 Å². The second kappa shape index (κ2) is 7.45. The lowest BCUT2D eigenvalue weighted by Crippen LogP contribution is -2.44. The molecule has 0 aliphatic heterocycles. The molecule has 0 bridgehead atoms. The van der Waals surface area contributed by atoms with Gasteiger partial charge in [-0.05, 0) is 50.1 Å². The molecule has 0 spiro atoms. The van der Waals surface area contributed by atoms with Crippen LogP contribution in [0.15, 0.2) is 42.5 Å². The fraction of sp³-hybridized carbons (Fsp3) is 0.222. The van der Waals surface area contributed by atoms with Crippen molar-refractivity contribution < 1.29 is 14.3 Å². The van der Waals surface area contributed by atoms with E-state index in [4.69, 9.17) is 4.74 Å². The van der Waals surface area contributed by atoms with E-state index in [1.807, 2.05) is 51.1 Å². The molecule has 5 nitrogen and oxygen atoms in total. The third-order valence-corrected chi connectivity index (χ3v) is 3.31. The van der Waals surface area contributed by atoms with Crippen LogP contribution in [0, 0.1) is 20.8 Å². The van der Waals surface area contributed by atoms with E-state index in [9.17, 15) is 9.59 Å². The Balaban J connectivity index is 1.84. The second-order valence-corrected chi connectivity index (χ2v) is 5.43. The summed E-state index contributed by atoms with van der Waals surface area (Å²) in [5.41, 5.74) is 8.15. The fourth-order valence-corrected chi connectivity index (χ4v) is 2.06. The maximum Gasteiger partial charge on any atom is 0.276 e. The summed E-state index contributed by atoms with van der Waals surface area (Å²) in [6.45, 7) is 5.52. The van der Waals surface area contributed by atoms with Gasteiger partial charge >= 0.3 is 0 Å². The molecule has 2 amide bonds. The topological polar surface area (TPSA) is 67.4 Å². The molecular weight excluding hydrogens is 292 g/mol. The highest BCUT2D eigenvalue weighted by atomic mass is 16.5. The minimum absolute atomic E-state index is 0.170. The first-order chi connectivity index (χ1) is 11.0. The number of carbonyl (C=O) groups is 2. The van der Waals surface area contributed by atoms with Crippen LogP contribution in [-0.4, -0.2) is 18.4 Å². The van der Waals surface area contributed by atoms with Crippen LogP contribution in [0.25, 0.3) is 0 Å². The Labute approximate surface area is 135 Å². The van der Waals surface area contributed by atoms with Crippen molar-refractivity contribution in [3.05, 3.63) is 64.7 Å².